The van der Waals surface area contributed by atoms with Crippen molar-refractivity contribution < 1.29 is 9.53 Å². The SMILES string of the molecule is CCOCC(=O)Nc1ccc(-n2c(C)nc3ccccc3c2=O)cc1C. The quantitative estimate of drug-likeness (QED) is 0.767. The van der Waals surface area contributed by atoms with Gasteiger partial charge in [0.15, 0.2) is 0 Å². The Kier molecular flexibility index (Phi) is 5.14. The normalized spacial score (nSPS) is 10.9. The molecule has 2 aromatic carbocycles. The maximum atomic E-state index is 12.9. The van der Waals surface area contributed by atoms with E-state index < -0.39 is 0 Å². The van der Waals surface area contributed by atoms with Crippen LogP contribution < -0.4 is 10.9 Å². The van der Waals surface area contributed by atoms with Gasteiger partial charge in [-0.2, -0.15) is 0 Å². The molecule has 0 bridgehead atoms. The smallest absolute Gasteiger partial charge is 0.265 e. The second kappa shape index (κ2) is 7.49. The fraction of sp³-hybridized carbons (Fsp3) is 0.250. The second-order valence-corrected chi connectivity index (χ2v) is 6.00. The van der Waals surface area contributed by atoms with Crippen LogP contribution in [0.5, 0.6) is 0 Å². The lowest BCUT2D eigenvalue weighted by Gasteiger charge is -2.14. The topological polar surface area (TPSA) is 73.2 Å². The zero-order valence-corrected chi connectivity index (χ0v) is 15.1. The van der Waals surface area contributed by atoms with E-state index >= 15 is 0 Å². The van der Waals surface area contributed by atoms with E-state index in [0.717, 1.165) is 5.56 Å². The molecule has 6 nitrogen and oxygen atoms in total. The minimum atomic E-state index is -0.205. The summed E-state index contributed by atoms with van der Waals surface area (Å²) >= 11 is 0. The molecular formula is C20H21N3O3. The van der Waals surface area contributed by atoms with Gasteiger partial charge in [0.05, 0.1) is 16.6 Å². The van der Waals surface area contributed by atoms with Crippen molar-refractivity contribution in [3.8, 4) is 5.69 Å². The molecule has 0 aliphatic carbocycles. The van der Waals surface area contributed by atoms with E-state index in [1.54, 1.807) is 29.7 Å². The number of hydrogen-bond donors (Lipinski definition) is 1. The van der Waals surface area contributed by atoms with E-state index in [1.807, 2.05) is 38.1 Å². The Balaban J connectivity index is 1.98. The summed E-state index contributed by atoms with van der Waals surface area (Å²) in [6.07, 6.45) is 0. The number of hydrogen-bond acceptors (Lipinski definition) is 4. The number of rotatable bonds is 5. The number of para-hydroxylation sites is 1. The first-order valence-corrected chi connectivity index (χ1v) is 8.48. The minimum Gasteiger partial charge on any atom is -0.372 e. The lowest BCUT2D eigenvalue weighted by atomic mass is 10.1. The summed E-state index contributed by atoms with van der Waals surface area (Å²) < 4.78 is 6.69. The van der Waals surface area contributed by atoms with Crippen molar-refractivity contribution in [1.29, 1.82) is 0 Å². The van der Waals surface area contributed by atoms with Crippen molar-refractivity contribution in [3.63, 3.8) is 0 Å². The molecule has 0 fully saturated rings. The Bertz CT molecular complexity index is 1020. The van der Waals surface area contributed by atoms with Crippen molar-refractivity contribution in [1.82, 2.24) is 9.55 Å². The molecule has 0 aliphatic heterocycles. The van der Waals surface area contributed by atoms with Crippen molar-refractivity contribution in [2.24, 2.45) is 0 Å². The Morgan fingerprint density at radius 2 is 1.96 bits per heavy atom. The Morgan fingerprint density at radius 3 is 2.69 bits per heavy atom. The van der Waals surface area contributed by atoms with Gasteiger partial charge >= 0.3 is 0 Å². The predicted octanol–water partition coefficient (Wildman–Crippen LogP) is 2.98. The number of carbonyl (C=O) groups is 1. The first kappa shape index (κ1) is 17.8. The fourth-order valence-electron chi connectivity index (χ4n) is 2.86. The number of carbonyl (C=O) groups excluding carboxylic acids is 1. The molecule has 6 heteroatoms. The van der Waals surface area contributed by atoms with Gasteiger partial charge in [0.2, 0.25) is 5.91 Å². The number of ether oxygens (including phenoxy) is 1. The van der Waals surface area contributed by atoms with Crippen LogP contribution in [-0.2, 0) is 9.53 Å². The van der Waals surface area contributed by atoms with E-state index in [2.05, 4.69) is 10.3 Å². The van der Waals surface area contributed by atoms with Crippen molar-refractivity contribution in [2.45, 2.75) is 20.8 Å². The lowest BCUT2D eigenvalue weighted by molar-refractivity contribution is -0.120. The fourth-order valence-corrected chi connectivity index (χ4v) is 2.86. The number of anilines is 1. The molecule has 3 aromatic rings. The first-order valence-electron chi connectivity index (χ1n) is 8.48. The molecule has 0 atom stereocenters. The number of aryl methyl sites for hydroxylation is 2. The van der Waals surface area contributed by atoms with E-state index in [1.165, 1.54) is 0 Å². The zero-order valence-electron chi connectivity index (χ0n) is 15.1. The van der Waals surface area contributed by atoms with Gasteiger partial charge in [-0.05, 0) is 56.7 Å². The van der Waals surface area contributed by atoms with Crippen molar-refractivity contribution in [2.75, 3.05) is 18.5 Å². The highest BCUT2D eigenvalue weighted by Gasteiger charge is 2.11. The van der Waals surface area contributed by atoms with Crippen LogP contribution in [-0.4, -0.2) is 28.7 Å². The summed E-state index contributed by atoms with van der Waals surface area (Å²) in [6, 6.07) is 12.7. The van der Waals surface area contributed by atoms with Crippen LogP contribution in [0.2, 0.25) is 0 Å². The summed E-state index contributed by atoms with van der Waals surface area (Å²) in [6.45, 7) is 6.04. The minimum absolute atomic E-state index is 0.0187. The van der Waals surface area contributed by atoms with E-state index in [0.29, 0.717) is 34.7 Å². The highest BCUT2D eigenvalue weighted by molar-refractivity contribution is 5.92. The average Bonchev–Trinajstić information content (AvgIpc) is 2.62. The van der Waals surface area contributed by atoms with Gasteiger partial charge in [0, 0.05) is 12.3 Å². The summed E-state index contributed by atoms with van der Waals surface area (Å²) in [7, 11) is 0. The van der Waals surface area contributed by atoms with Gasteiger partial charge in [0.1, 0.15) is 12.4 Å². The molecule has 0 saturated carbocycles. The molecule has 3 rings (SSSR count). The van der Waals surface area contributed by atoms with Crippen LogP contribution in [0.1, 0.15) is 18.3 Å². The maximum Gasteiger partial charge on any atom is 0.265 e. The zero-order chi connectivity index (χ0) is 18.7. The molecule has 0 aliphatic rings. The lowest BCUT2D eigenvalue weighted by Crippen LogP contribution is -2.22. The van der Waals surface area contributed by atoms with E-state index in [-0.39, 0.29) is 18.1 Å². The maximum absolute atomic E-state index is 12.9. The molecule has 0 radical (unpaired) electrons. The Hall–Kier alpha value is -2.99. The number of fused-ring (bicyclic) bond motifs is 1. The van der Waals surface area contributed by atoms with Crippen LogP contribution in [0.15, 0.2) is 47.3 Å². The number of aromatic nitrogens is 2. The van der Waals surface area contributed by atoms with Gasteiger partial charge in [-0.25, -0.2) is 4.98 Å². The summed E-state index contributed by atoms with van der Waals surface area (Å²) in [5.41, 5.74) is 2.83. The van der Waals surface area contributed by atoms with Gasteiger partial charge < -0.3 is 10.1 Å². The van der Waals surface area contributed by atoms with Gasteiger partial charge in [-0.3, -0.25) is 14.2 Å². The van der Waals surface area contributed by atoms with Crippen LogP contribution in [0.25, 0.3) is 16.6 Å². The third-order valence-electron chi connectivity index (χ3n) is 4.12. The molecule has 1 amide bonds. The molecule has 0 spiro atoms. The first-order chi connectivity index (χ1) is 12.5. The van der Waals surface area contributed by atoms with E-state index in [9.17, 15) is 9.59 Å². The molecule has 26 heavy (non-hydrogen) atoms. The van der Waals surface area contributed by atoms with Gasteiger partial charge in [-0.1, -0.05) is 12.1 Å². The molecule has 1 aromatic heterocycles. The Morgan fingerprint density at radius 1 is 1.19 bits per heavy atom. The number of amides is 1. The average molecular weight is 351 g/mol. The third kappa shape index (κ3) is 3.50. The molecular weight excluding hydrogens is 330 g/mol. The van der Waals surface area contributed by atoms with Crippen LogP contribution in [0, 0.1) is 13.8 Å². The summed E-state index contributed by atoms with van der Waals surface area (Å²) in [5.74, 6) is 0.407. The van der Waals surface area contributed by atoms with Gasteiger partial charge in [0.25, 0.3) is 5.56 Å². The largest absolute Gasteiger partial charge is 0.372 e. The number of nitrogens with zero attached hydrogens (tertiary/aromatic N) is 2. The van der Waals surface area contributed by atoms with Crippen LogP contribution in [0.3, 0.4) is 0 Å². The predicted molar refractivity (Wildman–Crippen MR) is 102 cm³/mol. The number of nitrogens with one attached hydrogen (secondary N) is 1. The highest BCUT2D eigenvalue weighted by atomic mass is 16.5. The number of benzene rings is 2. The monoisotopic (exact) mass is 351 g/mol. The molecule has 0 saturated heterocycles. The van der Waals surface area contributed by atoms with Gasteiger partial charge in [-0.15, -0.1) is 0 Å². The Labute approximate surface area is 151 Å². The molecule has 0 unspecified atom stereocenters. The van der Waals surface area contributed by atoms with Crippen LogP contribution in [0.4, 0.5) is 5.69 Å². The van der Waals surface area contributed by atoms with Crippen molar-refractivity contribution in [3.05, 3.63) is 64.2 Å². The third-order valence-corrected chi connectivity index (χ3v) is 4.12. The highest BCUT2D eigenvalue weighted by Crippen LogP contribution is 2.20. The molecule has 134 valence electrons. The van der Waals surface area contributed by atoms with E-state index in [4.69, 9.17) is 4.74 Å². The van der Waals surface area contributed by atoms with Crippen molar-refractivity contribution >= 4 is 22.5 Å². The second-order valence-electron chi connectivity index (χ2n) is 6.00. The van der Waals surface area contributed by atoms with Crippen LogP contribution >= 0.6 is 0 Å². The molecule has 1 N–H and O–H groups in total. The standard InChI is InChI=1S/C20H21N3O3/c1-4-26-12-19(24)22-17-10-9-15(11-13(17)2)23-14(3)21-18-8-6-5-7-16(18)20(23)25/h5-11H,4,12H2,1-3H3,(H,22,24). The summed E-state index contributed by atoms with van der Waals surface area (Å²) in [4.78, 5) is 29.2. The summed E-state index contributed by atoms with van der Waals surface area (Å²) in [5, 5.41) is 3.39. The molecule has 1 heterocycles.